The van der Waals surface area contributed by atoms with Crippen LogP contribution in [0.2, 0.25) is 0 Å². The summed E-state index contributed by atoms with van der Waals surface area (Å²) in [5, 5.41) is 9.31. The molecular weight excluding hydrogens is 358 g/mol. The van der Waals surface area contributed by atoms with Gasteiger partial charge in [0.1, 0.15) is 17.1 Å². The second-order valence-corrected chi connectivity index (χ2v) is 5.35. The minimum absolute atomic E-state index is 0.00836. The number of methoxy groups -OCH3 is 3. The summed E-state index contributed by atoms with van der Waals surface area (Å²) >= 11 is 0. The van der Waals surface area contributed by atoms with Crippen molar-refractivity contribution in [1.29, 1.82) is 0 Å². The van der Waals surface area contributed by atoms with Crippen LogP contribution in [-0.2, 0) is 0 Å². The first-order valence-corrected chi connectivity index (χ1v) is 7.61. The largest absolute Gasteiger partial charge is 0.496 e. The van der Waals surface area contributed by atoms with Gasteiger partial charge >= 0.3 is 11.7 Å². The summed E-state index contributed by atoms with van der Waals surface area (Å²) < 4.78 is 16.0. The van der Waals surface area contributed by atoms with Gasteiger partial charge in [-0.3, -0.25) is 4.79 Å². The second-order valence-electron chi connectivity index (χ2n) is 5.35. The summed E-state index contributed by atoms with van der Waals surface area (Å²) in [6, 6.07) is 5.36. The van der Waals surface area contributed by atoms with Crippen molar-refractivity contribution in [2.75, 3.05) is 21.3 Å². The van der Waals surface area contributed by atoms with Crippen LogP contribution in [0.15, 0.2) is 33.9 Å². The van der Waals surface area contributed by atoms with Crippen LogP contribution in [0.1, 0.15) is 10.4 Å². The van der Waals surface area contributed by atoms with Gasteiger partial charge in [-0.2, -0.15) is 4.98 Å². The lowest BCUT2D eigenvalue weighted by Crippen LogP contribution is -2.34. The van der Waals surface area contributed by atoms with E-state index in [0.717, 1.165) is 4.57 Å². The number of aromatic nitrogens is 3. The Morgan fingerprint density at radius 1 is 1.07 bits per heavy atom. The van der Waals surface area contributed by atoms with Gasteiger partial charge in [0.05, 0.1) is 32.2 Å². The third-order valence-electron chi connectivity index (χ3n) is 3.90. The number of pyridine rings is 1. The number of carbonyl (C=O) groups is 1. The molecule has 0 radical (unpaired) electrons. The monoisotopic (exact) mass is 373 g/mol. The van der Waals surface area contributed by atoms with E-state index in [1.54, 1.807) is 0 Å². The van der Waals surface area contributed by atoms with E-state index in [1.807, 2.05) is 0 Å². The molecule has 2 N–H and O–H groups in total. The van der Waals surface area contributed by atoms with Gasteiger partial charge in [0.15, 0.2) is 5.75 Å². The van der Waals surface area contributed by atoms with Gasteiger partial charge in [-0.15, -0.1) is 0 Å². The molecule has 10 heteroatoms. The maximum atomic E-state index is 12.9. The molecule has 1 aromatic carbocycles. The quantitative estimate of drug-likeness (QED) is 0.671. The fraction of sp³-hybridized carbons (Fsp3) is 0.176. The number of benzene rings is 1. The van der Waals surface area contributed by atoms with Crippen LogP contribution in [-0.4, -0.2) is 46.9 Å². The Bertz CT molecular complexity index is 1160. The van der Waals surface area contributed by atoms with Crippen molar-refractivity contribution in [2.45, 2.75) is 0 Å². The topological polar surface area (TPSA) is 133 Å². The Labute approximate surface area is 151 Å². The molecule has 0 fully saturated rings. The minimum atomic E-state index is -1.25. The predicted molar refractivity (Wildman–Crippen MR) is 94.6 cm³/mol. The Hall–Kier alpha value is -3.82. The maximum Gasteiger partial charge on any atom is 0.339 e. The van der Waals surface area contributed by atoms with E-state index in [9.17, 15) is 19.5 Å². The van der Waals surface area contributed by atoms with E-state index in [2.05, 4.69) is 9.97 Å². The number of nitrogens with one attached hydrogen (secondary N) is 1. The summed E-state index contributed by atoms with van der Waals surface area (Å²) in [5.41, 5.74) is -1.58. The fourth-order valence-corrected chi connectivity index (χ4v) is 2.63. The summed E-state index contributed by atoms with van der Waals surface area (Å²) in [5.74, 6) is -0.812. The Morgan fingerprint density at radius 3 is 2.37 bits per heavy atom. The number of aromatic carboxylic acids is 1. The number of rotatable bonds is 5. The number of nitrogens with zero attached hydrogens (tertiary/aromatic N) is 2. The van der Waals surface area contributed by atoms with Gasteiger partial charge in [-0.05, 0) is 24.3 Å². The zero-order valence-corrected chi connectivity index (χ0v) is 14.6. The molecule has 3 aromatic rings. The molecule has 0 aliphatic rings. The zero-order valence-electron chi connectivity index (χ0n) is 14.6. The molecule has 0 bridgehead atoms. The molecule has 2 heterocycles. The molecule has 0 unspecified atom stereocenters. The highest BCUT2D eigenvalue weighted by molar-refractivity contribution is 5.96. The standard InChI is InChI=1S/C17H15N3O7/c1-25-11-4-5-13(19-14(11)27-3)20-15(21)8-7-12(26-2)9(16(22)23)6-10(8)18-17(20)24/h4-7H,1-3H3,(H,18,24)(H,22,23). The highest BCUT2D eigenvalue weighted by Gasteiger charge is 2.18. The third-order valence-corrected chi connectivity index (χ3v) is 3.90. The van der Waals surface area contributed by atoms with Crippen molar-refractivity contribution in [3.05, 3.63) is 50.7 Å². The molecule has 3 rings (SSSR count). The summed E-state index contributed by atoms with van der Waals surface area (Å²) in [6.07, 6.45) is 0. The number of carboxylic acid groups (broad SMARTS) is 1. The number of carboxylic acids is 1. The van der Waals surface area contributed by atoms with Crippen molar-refractivity contribution >= 4 is 16.9 Å². The first kappa shape index (κ1) is 18.0. The highest BCUT2D eigenvalue weighted by Crippen LogP contribution is 2.25. The summed E-state index contributed by atoms with van der Waals surface area (Å²) in [7, 11) is 4.09. The predicted octanol–water partition coefficient (Wildman–Crippen LogP) is 0.798. The van der Waals surface area contributed by atoms with E-state index in [1.165, 1.54) is 45.6 Å². The normalized spacial score (nSPS) is 10.6. The SMILES string of the molecule is COc1cc2c(=O)n(-c3ccc(OC)c(OC)n3)c(=O)[nH]c2cc1C(=O)O. The Morgan fingerprint density at radius 2 is 1.78 bits per heavy atom. The van der Waals surface area contributed by atoms with Gasteiger partial charge in [0.2, 0.25) is 0 Å². The average Bonchev–Trinajstić information content (AvgIpc) is 2.66. The number of ether oxygens (including phenoxy) is 3. The van der Waals surface area contributed by atoms with E-state index in [0.29, 0.717) is 5.75 Å². The van der Waals surface area contributed by atoms with Gasteiger partial charge in [0, 0.05) is 0 Å². The number of fused-ring (bicyclic) bond motifs is 1. The molecule has 2 aromatic heterocycles. The Balaban J connectivity index is 2.33. The second kappa shape index (κ2) is 6.83. The van der Waals surface area contributed by atoms with Crippen molar-refractivity contribution < 1.29 is 24.1 Å². The molecule has 27 heavy (non-hydrogen) atoms. The number of H-pyrrole nitrogens is 1. The summed E-state index contributed by atoms with van der Waals surface area (Å²) in [4.78, 5) is 43.3. The average molecular weight is 373 g/mol. The lowest BCUT2D eigenvalue weighted by Gasteiger charge is -2.11. The van der Waals surface area contributed by atoms with Crippen LogP contribution in [0.3, 0.4) is 0 Å². The van der Waals surface area contributed by atoms with E-state index in [4.69, 9.17) is 14.2 Å². The van der Waals surface area contributed by atoms with Crippen molar-refractivity contribution in [3.63, 3.8) is 0 Å². The molecule has 0 spiro atoms. The van der Waals surface area contributed by atoms with Crippen LogP contribution in [0.25, 0.3) is 16.7 Å². The molecular formula is C17H15N3O7. The number of hydrogen-bond acceptors (Lipinski definition) is 7. The van der Waals surface area contributed by atoms with Crippen LogP contribution < -0.4 is 25.5 Å². The molecule has 0 aliphatic heterocycles. The van der Waals surface area contributed by atoms with Gasteiger partial charge in [-0.25, -0.2) is 14.2 Å². The third kappa shape index (κ3) is 2.97. The minimum Gasteiger partial charge on any atom is -0.496 e. The molecule has 0 atom stereocenters. The molecule has 0 aliphatic carbocycles. The zero-order chi connectivity index (χ0) is 19.7. The summed E-state index contributed by atoms with van der Waals surface area (Å²) in [6.45, 7) is 0. The first-order valence-electron chi connectivity index (χ1n) is 7.61. The fourth-order valence-electron chi connectivity index (χ4n) is 2.63. The van der Waals surface area contributed by atoms with Gasteiger partial charge < -0.3 is 24.3 Å². The highest BCUT2D eigenvalue weighted by atomic mass is 16.5. The van der Waals surface area contributed by atoms with Crippen LogP contribution >= 0.6 is 0 Å². The van der Waals surface area contributed by atoms with Crippen molar-refractivity contribution in [2.24, 2.45) is 0 Å². The van der Waals surface area contributed by atoms with Crippen LogP contribution in [0.4, 0.5) is 0 Å². The number of aromatic amines is 1. The smallest absolute Gasteiger partial charge is 0.339 e. The van der Waals surface area contributed by atoms with E-state index in [-0.39, 0.29) is 33.9 Å². The molecule has 140 valence electrons. The Kier molecular flexibility index (Phi) is 4.55. The van der Waals surface area contributed by atoms with Crippen LogP contribution in [0, 0.1) is 0 Å². The maximum absolute atomic E-state index is 12.9. The van der Waals surface area contributed by atoms with E-state index < -0.39 is 17.2 Å². The molecule has 0 saturated carbocycles. The van der Waals surface area contributed by atoms with E-state index >= 15 is 0 Å². The van der Waals surface area contributed by atoms with Crippen LogP contribution in [0.5, 0.6) is 17.4 Å². The first-order chi connectivity index (χ1) is 12.9. The van der Waals surface area contributed by atoms with Gasteiger partial charge in [-0.1, -0.05) is 0 Å². The molecule has 0 amide bonds. The molecule has 10 nitrogen and oxygen atoms in total. The molecule has 0 saturated heterocycles. The van der Waals surface area contributed by atoms with Crippen molar-refractivity contribution in [1.82, 2.24) is 14.5 Å². The lowest BCUT2D eigenvalue weighted by molar-refractivity contribution is 0.0693. The number of hydrogen-bond donors (Lipinski definition) is 2. The lowest BCUT2D eigenvalue weighted by atomic mass is 10.1. The van der Waals surface area contributed by atoms with Crippen molar-refractivity contribution in [3.8, 4) is 23.2 Å². The van der Waals surface area contributed by atoms with Gasteiger partial charge in [0.25, 0.3) is 11.4 Å².